The maximum absolute atomic E-state index is 10.7. The molecule has 0 atom stereocenters. The Balaban J connectivity index is 3.95. The van der Waals surface area contributed by atoms with Crippen molar-refractivity contribution in [1.82, 2.24) is 0 Å². The van der Waals surface area contributed by atoms with Crippen molar-refractivity contribution in [3.63, 3.8) is 0 Å². The fourth-order valence-electron chi connectivity index (χ4n) is 0.616. The van der Waals surface area contributed by atoms with Crippen LogP contribution in [-0.2, 0) is 9.53 Å². The average Bonchev–Trinajstić information content (AvgIpc) is 1.99. The highest BCUT2D eigenvalue weighted by Crippen LogP contribution is 2.01. The van der Waals surface area contributed by atoms with Crippen molar-refractivity contribution in [2.24, 2.45) is 0 Å². The topological polar surface area (TPSA) is 46.5 Å². The normalized spacial score (nSPS) is 11.3. The number of hydrogen-bond donors (Lipinski definition) is 1. The molecule has 58 valence electrons. The van der Waals surface area contributed by atoms with Crippen molar-refractivity contribution in [2.45, 2.75) is 13.3 Å². The lowest BCUT2D eigenvalue weighted by Gasteiger charge is -2.00. The van der Waals surface area contributed by atoms with Crippen LogP contribution in [-0.4, -0.2) is 24.8 Å². The maximum atomic E-state index is 10.7. The van der Waals surface area contributed by atoms with Gasteiger partial charge in [0.2, 0.25) is 0 Å². The van der Waals surface area contributed by atoms with Crippen LogP contribution >= 0.6 is 0 Å². The van der Waals surface area contributed by atoms with Crippen LogP contribution in [0.4, 0.5) is 0 Å². The van der Waals surface area contributed by atoms with Gasteiger partial charge < -0.3 is 9.84 Å². The highest BCUT2D eigenvalue weighted by Gasteiger charge is 2.05. The molecule has 0 saturated carbocycles. The van der Waals surface area contributed by atoms with Crippen molar-refractivity contribution < 1.29 is 14.6 Å². The standard InChI is InChI=1S/C7H12O3/c1-3-6(4-5-8)7(9)10-2/h3,8H,4-5H2,1-2H3. The minimum Gasteiger partial charge on any atom is -0.466 e. The van der Waals surface area contributed by atoms with E-state index in [-0.39, 0.29) is 12.6 Å². The third kappa shape index (κ3) is 2.64. The fourth-order valence-corrected chi connectivity index (χ4v) is 0.616. The molecule has 3 heteroatoms. The molecule has 0 aromatic rings. The molecule has 0 bridgehead atoms. The van der Waals surface area contributed by atoms with Gasteiger partial charge >= 0.3 is 5.97 Å². The molecule has 0 aliphatic heterocycles. The molecule has 3 nitrogen and oxygen atoms in total. The molecular formula is C7H12O3. The summed E-state index contributed by atoms with van der Waals surface area (Å²) in [5, 5.41) is 8.46. The molecule has 0 rings (SSSR count). The first-order chi connectivity index (χ1) is 4.76. The zero-order valence-corrected chi connectivity index (χ0v) is 6.26. The van der Waals surface area contributed by atoms with E-state index in [1.54, 1.807) is 13.0 Å². The monoisotopic (exact) mass is 144 g/mol. The van der Waals surface area contributed by atoms with E-state index in [0.29, 0.717) is 12.0 Å². The van der Waals surface area contributed by atoms with Crippen LogP contribution in [0.2, 0.25) is 0 Å². The van der Waals surface area contributed by atoms with E-state index in [0.717, 1.165) is 0 Å². The Labute approximate surface area is 60.3 Å². The fraction of sp³-hybridized carbons (Fsp3) is 0.571. The molecule has 0 radical (unpaired) electrons. The molecule has 0 aliphatic rings. The Bertz CT molecular complexity index is 138. The number of carbonyl (C=O) groups excluding carboxylic acids is 1. The third-order valence-electron chi connectivity index (χ3n) is 1.18. The van der Waals surface area contributed by atoms with Gasteiger partial charge in [-0.3, -0.25) is 0 Å². The average molecular weight is 144 g/mol. The Kier molecular flexibility index (Phi) is 4.58. The molecule has 10 heavy (non-hydrogen) atoms. The summed E-state index contributed by atoms with van der Waals surface area (Å²) in [5.74, 6) is -0.364. The summed E-state index contributed by atoms with van der Waals surface area (Å²) in [4.78, 5) is 10.7. The quantitative estimate of drug-likeness (QED) is 0.463. The second-order valence-corrected chi connectivity index (χ2v) is 1.78. The lowest BCUT2D eigenvalue weighted by atomic mass is 10.2. The summed E-state index contributed by atoms with van der Waals surface area (Å²) >= 11 is 0. The second-order valence-electron chi connectivity index (χ2n) is 1.78. The van der Waals surface area contributed by atoms with E-state index in [2.05, 4.69) is 4.74 Å². The minimum absolute atomic E-state index is 0.0191. The lowest BCUT2D eigenvalue weighted by molar-refractivity contribution is -0.136. The van der Waals surface area contributed by atoms with Gasteiger partial charge in [0, 0.05) is 18.6 Å². The summed E-state index contributed by atoms with van der Waals surface area (Å²) in [6.45, 7) is 1.72. The second kappa shape index (κ2) is 4.99. The molecule has 0 aromatic heterocycles. The maximum Gasteiger partial charge on any atom is 0.333 e. The lowest BCUT2D eigenvalue weighted by Crippen LogP contribution is -2.05. The van der Waals surface area contributed by atoms with Gasteiger partial charge in [0.05, 0.1) is 7.11 Å². The Morgan fingerprint density at radius 2 is 2.30 bits per heavy atom. The van der Waals surface area contributed by atoms with Gasteiger partial charge in [0.15, 0.2) is 0 Å². The van der Waals surface area contributed by atoms with Crippen LogP contribution in [0.3, 0.4) is 0 Å². The van der Waals surface area contributed by atoms with Gasteiger partial charge in [-0.25, -0.2) is 4.79 Å². The molecule has 0 unspecified atom stereocenters. The van der Waals surface area contributed by atoms with Crippen LogP contribution in [0.15, 0.2) is 11.6 Å². The predicted molar refractivity (Wildman–Crippen MR) is 37.5 cm³/mol. The number of hydrogen-bond acceptors (Lipinski definition) is 3. The molecule has 0 fully saturated rings. The molecular weight excluding hydrogens is 132 g/mol. The zero-order chi connectivity index (χ0) is 7.98. The van der Waals surface area contributed by atoms with E-state index in [4.69, 9.17) is 5.11 Å². The number of methoxy groups -OCH3 is 1. The van der Waals surface area contributed by atoms with E-state index in [9.17, 15) is 4.79 Å². The number of aliphatic hydroxyl groups is 1. The first-order valence-corrected chi connectivity index (χ1v) is 3.10. The van der Waals surface area contributed by atoms with Gasteiger partial charge in [-0.15, -0.1) is 0 Å². The van der Waals surface area contributed by atoms with Gasteiger partial charge in [-0.05, 0) is 6.92 Å². The van der Waals surface area contributed by atoms with Crippen LogP contribution in [0.25, 0.3) is 0 Å². The van der Waals surface area contributed by atoms with Crippen molar-refractivity contribution in [3.05, 3.63) is 11.6 Å². The Morgan fingerprint density at radius 3 is 2.60 bits per heavy atom. The molecule has 0 spiro atoms. The van der Waals surface area contributed by atoms with Gasteiger partial charge in [-0.1, -0.05) is 6.08 Å². The Morgan fingerprint density at radius 1 is 1.70 bits per heavy atom. The van der Waals surface area contributed by atoms with Crippen LogP contribution < -0.4 is 0 Å². The predicted octanol–water partition coefficient (Wildman–Crippen LogP) is 0.488. The van der Waals surface area contributed by atoms with Crippen LogP contribution in [0.1, 0.15) is 13.3 Å². The summed E-state index contributed by atoms with van der Waals surface area (Å²) < 4.78 is 4.44. The summed E-state index contributed by atoms with van der Waals surface area (Å²) in [5.41, 5.74) is 0.519. The number of aliphatic hydroxyl groups excluding tert-OH is 1. The number of ether oxygens (including phenoxy) is 1. The van der Waals surface area contributed by atoms with Crippen molar-refractivity contribution in [1.29, 1.82) is 0 Å². The van der Waals surface area contributed by atoms with E-state index >= 15 is 0 Å². The highest BCUT2D eigenvalue weighted by atomic mass is 16.5. The summed E-state index contributed by atoms with van der Waals surface area (Å²) in [6.07, 6.45) is 2.01. The van der Waals surface area contributed by atoms with Gasteiger partial charge in [-0.2, -0.15) is 0 Å². The largest absolute Gasteiger partial charge is 0.466 e. The molecule has 0 saturated heterocycles. The van der Waals surface area contributed by atoms with E-state index in [1.807, 2.05) is 0 Å². The molecule has 0 aliphatic carbocycles. The van der Waals surface area contributed by atoms with Crippen LogP contribution in [0.5, 0.6) is 0 Å². The first-order valence-electron chi connectivity index (χ1n) is 3.10. The molecule has 0 amide bonds. The smallest absolute Gasteiger partial charge is 0.333 e. The van der Waals surface area contributed by atoms with Crippen LogP contribution in [0, 0.1) is 0 Å². The zero-order valence-electron chi connectivity index (χ0n) is 6.26. The van der Waals surface area contributed by atoms with E-state index < -0.39 is 0 Å². The minimum atomic E-state index is -0.364. The number of carbonyl (C=O) groups is 1. The summed E-state index contributed by atoms with van der Waals surface area (Å²) in [7, 11) is 1.32. The Hall–Kier alpha value is -0.830. The first kappa shape index (κ1) is 9.17. The number of allylic oxidation sites excluding steroid dienone is 1. The SMILES string of the molecule is CC=C(CCO)C(=O)OC. The highest BCUT2D eigenvalue weighted by molar-refractivity contribution is 5.88. The van der Waals surface area contributed by atoms with E-state index in [1.165, 1.54) is 7.11 Å². The van der Waals surface area contributed by atoms with Crippen molar-refractivity contribution in [2.75, 3.05) is 13.7 Å². The van der Waals surface area contributed by atoms with Gasteiger partial charge in [0.25, 0.3) is 0 Å². The van der Waals surface area contributed by atoms with Crippen molar-refractivity contribution in [3.8, 4) is 0 Å². The third-order valence-corrected chi connectivity index (χ3v) is 1.18. The van der Waals surface area contributed by atoms with Gasteiger partial charge in [0.1, 0.15) is 0 Å². The molecule has 0 heterocycles. The molecule has 1 N–H and O–H groups in total. The number of rotatable bonds is 3. The summed E-state index contributed by atoms with van der Waals surface area (Å²) in [6, 6.07) is 0. The number of esters is 1. The molecule has 0 aromatic carbocycles. The van der Waals surface area contributed by atoms with Crippen molar-refractivity contribution >= 4 is 5.97 Å².